The number of nitrogens with one attached hydrogen (secondary N) is 1. The largest absolute Gasteiger partial charge is 0.357 e. The van der Waals surface area contributed by atoms with Gasteiger partial charge in [0, 0.05) is 44.8 Å². The molecule has 0 aliphatic carbocycles. The maximum Gasteiger partial charge on any atom is 0.147 e. The number of pyridine rings is 1. The maximum atomic E-state index is 4.64. The van der Waals surface area contributed by atoms with Gasteiger partial charge in [0.25, 0.3) is 0 Å². The highest BCUT2D eigenvalue weighted by Gasteiger charge is 2.27. The third kappa shape index (κ3) is 3.99. The Morgan fingerprint density at radius 3 is 2.70 bits per heavy atom. The van der Waals surface area contributed by atoms with E-state index in [9.17, 15) is 0 Å². The number of piperidine rings is 1. The molecule has 2 aromatic heterocycles. The number of likely N-dealkylation sites (tertiary alicyclic amines) is 1. The van der Waals surface area contributed by atoms with Gasteiger partial charge in [0.05, 0.1) is 6.54 Å². The lowest BCUT2D eigenvalue weighted by molar-refractivity contribution is 0.199. The van der Waals surface area contributed by atoms with Crippen LogP contribution in [-0.2, 0) is 19.6 Å². The summed E-state index contributed by atoms with van der Waals surface area (Å²) in [7, 11) is 2.09. The Hall–Kier alpha value is -1.99. The highest BCUT2D eigenvalue weighted by Crippen LogP contribution is 2.28. The Morgan fingerprint density at radius 2 is 2.00 bits per heavy atom. The Labute approximate surface area is 161 Å². The monoisotopic (exact) mass is 369 g/mol. The minimum atomic E-state index is 0.459. The molecule has 2 aliphatic rings. The van der Waals surface area contributed by atoms with Crippen molar-refractivity contribution in [2.75, 3.05) is 31.6 Å². The molecule has 0 unspecified atom stereocenters. The minimum Gasteiger partial charge on any atom is -0.357 e. The van der Waals surface area contributed by atoms with E-state index in [1.54, 1.807) is 0 Å². The summed E-state index contributed by atoms with van der Waals surface area (Å²) in [5.41, 5.74) is 1.29. The molecule has 7 nitrogen and oxygen atoms in total. The highest BCUT2D eigenvalue weighted by molar-refractivity contribution is 5.39. The molecule has 0 amide bonds. The second kappa shape index (κ2) is 7.94. The van der Waals surface area contributed by atoms with Crippen LogP contribution < -0.4 is 10.2 Å². The molecule has 4 rings (SSSR count). The van der Waals surface area contributed by atoms with E-state index in [-0.39, 0.29) is 0 Å². The molecule has 1 N–H and O–H groups in total. The molecular formula is C20H31N7. The molecule has 0 spiro atoms. The van der Waals surface area contributed by atoms with Crippen molar-refractivity contribution in [2.24, 2.45) is 0 Å². The summed E-state index contributed by atoms with van der Waals surface area (Å²) in [6.07, 6.45) is 4.35. The molecule has 0 bridgehead atoms. The van der Waals surface area contributed by atoms with Gasteiger partial charge in [-0.3, -0.25) is 4.90 Å². The van der Waals surface area contributed by atoms with Gasteiger partial charge in [-0.25, -0.2) is 4.98 Å². The Balaban J connectivity index is 1.33. The van der Waals surface area contributed by atoms with Crippen molar-refractivity contribution >= 4 is 5.82 Å². The molecule has 0 atom stereocenters. The zero-order chi connectivity index (χ0) is 18.8. The van der Waals surface area contributed by atoms with Gasteiger partial charge >= 0.3 is 0 Å². The molecule has 2 aliphatic heterocycles. The number of hydrogen-bond donors (Lipinski definition) is 1. The summed E-state index contributed by atoms with van der Waals surface area (Å²) in [6, 6.07) is 4.81. The summed E-state index contributed by atoms with van der Waals surface area (Å²) in [4.78, 5) is 9.38. The van der Waals surface area contributed by atoms with Gasteiger partial charge in [-0.05, 0) is 51.4 Å². The first-order valence-electron chi connectivity index (χ1n) is 10.1. The smallest absolute Gasteiger partial charge is 0.147 e. The first-order chi connectivity index (χ1) is 13.1. The quantitative estimate of drug-likeness (QED) is 0.870. The molecule has 0 radical (unpaired) electrons. The van der Waals surface area contributed by atoms with Crippen molar-refractivity contribution in [1.82, 2.24) is 30.0 Å². The molecule has 7 heteroatoms. The minimum absolute atomic E-state index is 0.459. The van der Waals surface area contributed by atoms with Crippen LogP contribution >= 0.6 is 0 Å². The van der Waals surface area contributed by atoms with Crippen LogP contribution in [0.3, 0.4) is 0 Å². The fourth-order valence-corrected chi connectivity index (χ4v) is 4.01. The third-order valence-electron chi connectivity index (χ3n) is 5.96. The maximum absolute atomic E-state index is 4.64. The highest BCUT2D eigenvalue weighted by atomic mass is 15.3. The molecule has 146 valence electrons. The molecule has 1 saturated heterocycles. The average Bonchev–Trinajstić information content (AvgIpc) is 3.13. The van der Waals surface area contributed by atoms with Crippen molar-refractivity contribution in [3.8, 4) is 0 Å². The average molecular weight is 370 g/mol. The summed E-state index contributed by atoms with van der Waals surface area (Å²) in [6.45, 7) is 10.4. The van der Waals surface area contributed by atoms with Crippen LogP contribution in [0.4, 0.5) is 5.82 Å². The number of aromatic nitrogens is 4. The fourth-order valence-electron chi connectivity index (χ4n) is 4.01. The number of fused-ring (bicyclic) bond motifs is 1. The standard InChI is InChI=1S/C20H31N7/c1-15(2)25(3)18-5-4-16(12-22-18)14-26-9-6-17(7-10-26)20-24-23-19-13-21-8-11-27(19)20/h4-5,12,15,17,21H,6-11,13-14H2,1-3H3. The van der Waals surface area contributed by atoms with Crippen LogP contribution in [0.1, 0.15) is 49.8 Å². The van der Waals surface area contributed by atoms with Gasteiger partial charge in [0.2, 0.25) is 0 Å². The van der Waals surface area contributed by atoms with Crippen molar-refractivity contribution in [3.05, 3.63) is 35.5 Å². The van der Waals surface area contributed by atoms with Gasteiger partial charge in [-0.1, -0.05) is 6.07 Å². The summed E-state index contributed by atoms with van der Waals surface area (Å²) in [5, 5.41) is 12.3. The SMILES string of the molecule is CC(C)N(C)c1ccc(CN2CCC(c3nnc4n3CCNC4)CC2)cn1. The topological polar surface area (TPSA) is 62.1 Å². The van der Waals surface area contributed by atoms with Crippen molar-refractivity contribution in [1.29, 1.82) is 0 Å². The van der Waals surface area contributed by atoms with Crippen LogP contribution in [0.2, 0.25) is 0 Å². The van der Waals surface area contributed by atoms with E-state index in [4.69, 9.17) is 0 Å². The van der Waals surface area contributed by atoms with Crippen molar-refractivity contribution in [2.45, 2.75) is 58.3 Å². The van der Waals surface area contributed by atoms with Crippen LogP contribution in [0.15, 0.2) is 18.3 Å². The van der Waals surface area contributed by atoms with E-state index in [0.717, 1.165) is 63.8 Å². The molecule has 0 saturated carbocycles. The zero-order valence-corrected chi connectivity index (χ0v) is 16.7. The lowest BCUT2D eigenvalue weighted by Crippen LogP contribution is -2.34. The van der Waals surface area contributed by atoms with Crippen molar-refractivity contribution in [3.63, 3.8) is 0 Å². The van der Waals surface area contributed by atoms with E-state index >= 15 is 0 Å². The number of hydrogen-bond acceptors (Lipinski definition) is 6. The molecule has 27 heavy (non-hydrogen) atoms. The van der Waals surface area contributed by atoms with Gasteiger partial charge in [0.1, 0.15) is 17.5 Å². The number of anilines is 1. The molecule has 1 fully saturated rings. The van der Waals surface area contributed by atoms with Gasteiger partial charge in [-0.15, -0.1) is 10.2 Å². The zero-order valence-electron chi connectivity index (χ0n) is 16.7. The Bertz CT molecular complexity index is 744. The fraction of sp³-hybridized carbons (Fsp3) is 0.650. The van der Waals surface area contributed by atoms with Crippen LogP contribution in [0.5, 0.6) is 0 Å². The first-order valence-corrected chi connectivity index (χ1v) is 10.1. The van der Waals surface area contributed by atoms with Crippen LogP contribution in [0.25, 0.3) is 0 Å². The summed E-state index contributed by atoms with van der Waals surface area (Å²) in [5.74, 6) is 3.88. The Morgan fingerprint density at radius 1 is 1.19 bits per heavy atom. The normalized spacial score (nSPS) is 18.7. The first kappa shape index (κ1) is 18.4. The third-order valence-corrected chi connectivity index (χ3v) is 5.96. The van der Waals surface area contributed by atoms with E-state index in [2.05, 4.69) is 67.9 Å². The van der Waals surface area contributed by atoms with E-state index in [0.29, 0.717) is 12.0 Å². The predicted molar refractivity (Wildman–Crippen MR) is 107 cm³/mol. The number of nitrogens with zero attached hydrogens (tertiary/aromatic N) is 6. The molecule has 0 aromatic carbocycles. The summed E-state index contributed by atoms with van der Waals surface area (Å²) < 4.78 is 2.34. The van der Waals surface area contributed by atoms with Gasteiger partial charge in [-0.2, -0.15) is 0 Å². The van der Waals surface area contributed by atoms with Gasteiger partial charge < -0.3 is 14.8 Å². The van der Waals surface area contributed by atoms with E-state index in [1.165, 1.54) is 11.4 Å². The van der Waals surface area contributed by atoms with Gasteiger partial charge in [0.15, 0.2) is 0 Å². The Kier molecular flexibility index (Phi) is 5.41. The van der Waals surface area contributed by atoms with E-state index < -0.39 is 0 Å². The van der Waals surface area contributed by atoms with Crippen LogP contribution in [0, 0.1) is 0 Å². The van der Waals surface area contributed by atoms with E-state index in [1.807, 2.05) is 6.20 Å². The lowest BCUT2D eigenvalue weighted by Gasteiger charge is -2.32. The number of rotatable bonds is 5. The summed E-state index contributed by atoms with van der Waals surface area (Å²) >= 11 is 0. The second-order valence-corrected chi connectivity index (χ2v) is 8.08. The second-order valence-electron chi connectivity index (χ2n) is 8.08. The lowest BCUT2D eigenvalue weighted by atomic mass is 9.95. The molecule has 2 aromatic rings. The van der Waals surface area contributed by atoms with Crippen molar-refractivity contribution < 1.29 is 0 Å². The van der Waals surface area contributed by atoms with Crippen LogP contribution in [-0.4, -0.2) is 57.4 Å². The molecular weight excluding hydrogens is 338 g/mol. The molecule has 4 heterocycles. The predicted octanol–water partition coefficient (Wildman–Crippen LogP) is 2.00.